The van der Waals surface area contributed by atoms with Gasteiger partial charge in [0.25, 0.3) is 0 Å². The van der Waals surface area contributed by atoms with Gasteiger partial charge in [-0.1, -0.05) is 13.8 Å². The summed E-state index contributed by atoms with van der Waals surface area (Å²) >= 11 is 0. The number of rotatable bonds is 3. The van der Waals surface area contributed by atoms with Crippen molar-refractivity contribution in [2.75, 3.05) is 18.2 Å². The molecular weight excluding hydrogens is 218 g/mol. The Kier molecular flexibility index (Phi) is 2.69. The highest BCUT2D eigenvalue weighted by molar-refractivity contribution is 5.95. The van der Waals surface area contributed by atoms with Crippen LogP contribution in [-0.2, 0) is 4.74 Å². The molecule has 0 aromatic carbocycles. The minimum absolute atomic E-state index is 0.300. The quantitative estimate of drug-likeness (QED) is 0.779. The summed E-state index contributed by atoms with van der Waals surface area (Å²) in [5, 5.41) is 3.28. The fraction of sp³-hybridized carbons (Fsp3) is 0.500. The number of hydrogen-bond acceptors (Lipinski definition) is 5. The molecule has 1 saturated carbocycles. The number of nitrogens with two attached hydrogens (primary N) is 1. The number of hydrogen-bond donors (Lipinski definition) is 2. The van der Waals surface area contributed by atoms with E-state index in [0.29, 0.717) is 28.5 Å². The van der Waals surface area contributed by atoms with Gasteiger partial charge in [-0.25, -0.2) is 9.78 Å². The van der Waals surface area contributed by atoms with Crippen LogP contribution in [0.5, 0.6) is 0 Å². The maximum Gasteiger partial charge on any atom is 0.340 e. The number of esters is 1. The van der Waals surface area contributed by atoms with Crippen molar-refractivity contribution < 1.29 is 9.53 Å². The molecule has 0 aliphatic heterocycles. The largest absolute Gasteiger partial charge is 0.465 e. The van der Waals surface area contributed by atoms with E-state index in [9.17, 15) is 4.79 Å². The normalized spacial score (nSPS) is 20.8. The average Bonchev–Trinajstić information content (AvgIpc) is 2.88. The summed E-state index contributed by atoms with van der Waals surface area (Å²) in [6.07, 6.45) is 2.58. The molecule has 1 aliphatic carbocycles. The molecule has 1 aromatic heterocycles. The topological polar surface area (TPSA) is 77.2 Å². The third kappa shape index (κ3) is 2.33. The lowest BCUT2D eigenvalue weighted by Crippen LogP contribution is -2.12. The second-order valence-electron chi connectivity index (χ2n) is 5.04. The third-order valence-corrected chi connectivity index (χ3v) is 3.18. The Balaban J connectivity index is 2.17. The molecule has 5 heteroatoms. The molecule has 1 atom stereocenters. The molecule has 1 heterocycles. The van der Waals surface area contributed by atoms with E-state index in [1.165, 1.54) is 13.3 Å². The smallest absolute Gasteiger partial charge is 0.340 e. The summed E-state index contributed by atoms with van der Waals surface area (Å²) in [7, 11) is 1.33. The molecule has 5 nitrogen and oxygen atoms in total. The maximum absolute atomic E-state index is 11.5. The fourth-order valence-electron chi connectivity index (χ4n) is 1.72. The summed E-state index contributed by atoms with van der Waals surface area (Å²) in [4.78, 5) is 15.6. The highest BCUT2D eigenvalue weighted by Gasteiger charge is 2.45. The first-order chi connectivity index (χ1) is 7.94. The van der Waals surface area contributed by atoms with Crippen LogP contribution < -0.4 is 11.1 Å². The van der Waals surface area contributed by atoms with Gasteiger partial charge >= 0.3 is 5.97 Å². The van der Waals surface area contributed by atoms with Crippen LogP contribution in [0.3, 0.4) is 0 Å². The Morgan fingerprint density at radius 2 is 2.29 bits per heavy atom. The minimum Gasteiger partial charge on any atom is -0.465 e. The van der Waals surface area contributed by atoms with Crippen molar-refractivity contribution in [2.24, 2.45) is 5.41 Å². The lowest BCUT2D eigenvalue weighted by atomic mass is 10.2. The highest BCUT2D eigenvalue weighted by atomic mass is 16.5. The Bertz CT molecular complexity index is 457. The van der Waals surface area contributed by atoms with Crippen molar-refractivity contribution >= 4 is 17.5 Å². The van der Waals surface area contributed by atoms with Gasteiger partial charge in [-0.15, -0.1) is 0 Å². The van der Waals surface area contributed by atoms with Crippen LogP contribution in [0.15, 0.2) is 12.3 Å². The highest BCUT2D eigenvalue weighted by Crippen LogP contribution is 2.46. The van der Waals surface area contributed by atoms with Crippen LogP contribution in [0.4, 0.5) is 11.5 Å². The summed E-state index contributed by atoms with van der Waals surface area (Å²) in [5.74, 6) is 0.221. The molecule has 92 valence electrons. The van der Waals surface area contributed by atoms with Gasteiger partial charge in [-0.2, -0.15) is 0 Å². The van der Waals surface area contributed by atoms with E-state index in [0.717, 1.165) is 6.42 Å². The first-order valence-electron chi connectivity index (χ1n) is 5.54. The lowest BCUT2D eigenvalue weighted by Gasteiger charge is -2.09. The van der Waals surface area contributed by atoms with Gasteiger partial charge in [-0.05, 0) is 17.9 Å². The fourth-order valence-corrected chi connectivity index (χ4v) is 1.72. The van der Waals surface area contributed by atoms with Crippen molar-refractivity contribution in [3.63, 3.8) is 0 Å². The predicted molar refractivity (Wildman–Crippen MR) is 65.8 cm³/mol. The molecule has 2 rings (SSSR count). The average molecular weight is 235 g/mol. The maximum atomic E-state index is 11.5. The minimum atomic E-state index is -0.442. The monoisotopic (exact) mass is 235 g/mol. The molecule has 1 aromatic rings. The van der Waals surface area contributed by atoms with Crippen LogP contribution in [0.1, 0.15) is 30.6 Å². The van der Waals surface area contributed by atoms with Gasteiger partial charge in [0.2, 0.25) is 0 Å². The van der Waals surface area contributed by atoms with E-state index in [2.05, 4.69) is 28.9 Å². The third-order valence-electron chi connectivity index (χ3n) is 3.18. The standard InChI is InChI=1S/C12H17N3O2/c1-12(2)5-9(12)15-10-4-7(11(16)17-3)8(13)6-14-10/h4,6,9H,5,13H2,1-3H3,(H,14,15). The number of pyridine rings is 1. The van der Waals surface area contributed by atoms with Crippen molar-refractivity contribution in [3.8, 4) is 0 Å². The van der Waals surface area contributed by atoms with E-state index in [1.54, 1.807) is 6.07 Å². The Hall–Kier alpha value is -1.78. The summed E-state index contributed by atoms with van der Waals surface area (Å²) in [6, 6.07) is 2.04. The molecule has 3 N–H and O–H groups in total. The van der Waals surface area contributed by atoms with Crippen LogP contribution in [-0.4, -0.2) is 24.1 Å². The van der Waals surface area contributed by atoms with E-state index in [-0.39, 0.29) is 0 Å². The molecule has 0 amide bonds. The van der Waals surface area contributed by atoms with Crippen molar-refractivity contribution in [1.82, 2.24) is 4.98 Å². The number of anilines is 2. The number of carbonyl (C=O) groups excluding carboxylic acids is 1. The number of nitrogen functional groups attached to an aromatic ring is 1. The van der Waals surface area contributed by atoms with Gasteiger partial charge in [0.1, 0.15) is 5.82 Å². The summed E-state index contributed by atoms with van der Waals surface area (Å²) < 4.78 is 4.66. The Morgan fingerprint density at radius 1 is 1.65 bits per heavy atom. The molecular formula is C12H17N3O2. The van der Waals surface area contributed by atoms with Crippen LogP contribution in [0, 0.1) is 5.41 Å². The van der Waals surface area contributed by atoms with Crippen molar-refractivity contribution in [3.05, 3.63) is 17.8 Å². The number of aromatic nitrogens is 1. The molecule has 1 fully saturated rings. The SMILES string of the molecule is COC(=O)c1cc(NC2CC2(C)C)ncc1N. The molecule has 17 heavy (non-hydrogen) atoms. The van der Waals surface area contributed by atoms with E-state index < -0.39 is 5.97 Å². The second-order valence-corrected chi connectivity index (χ2v) is 5.04. The molecule has 1 aliphatic rings. The number of carbonyl (C=O) groups is 1. The van der Waals surface area contributed by atoms with Crippen LogP contribution >= 0.6 is 0 Å². The lowest BCUT2D eigenvalue weighted by molar-refractivity contribution is 0.0602. The Morgan fingerprint density at radius 3 is 2.82 bits per heavy atom. The zero-order chi connectivity index (χ0) is 12.6. The Labute approximate surface area is 100 Å². The van der Waals surface area contributed by atoms with Gasteiger partial charge in [0.15, 0.2) is 0 Å². The van der Waals surface area contributed by atoms with E-state index in [4.69, 9.17) is 5.73 Å². The zero-order valence-electron chi connectivity index (χ0n) is 10.3. The second kappa shape index (κ2) is 3.91. The van der Waals surface area contributed by atoms with Crippen LogP contribution in [0.25, 0.3) is 0 Å². The van der Waals surface area contributed by atoms with Crippen molar-refractivity contribution in [1.29, 1.82) is 0 Å². The zero-order valence-corrected chi connectivity index (χ0v) is 10.3. The number of nitrogens with one attached hydrogen (secondary N) is 1. The van der Waals surface area contributed by atoms with Gasteiger partial charge in [0.05, 0.1) is 24.6 Å². The van der Waals surface area contributed by atoms with Gasteiger partial charge in [0, 0.05) is 6.04 Å². The van der Waals surface area contributed by atoms with Gasteiger partial charge < -0.3 is 15.8 Å². The molecule has 0 radical (unpaired) electrons. The molecule has 0 saturated heterocycles. The van der Waals surface area contributed by atoms with E-state index in [1.807, 2.05) is 0 Å². The first-order valence-corrected chi connectivity index (χ1v) is 5.54. The van der Waals surface area contributed by atoms with E-state index >= 15 is 0 Å². The summed E-state index contributed by atoms with van der Waals surface area (Å²) in [6.45, 7) is 4.37. The summed E-state index contributed by atoms with van der Waals surface area (Å²) in [5.41, 5.74) is 6.66. The van der Waals surface area contributed by atoms with Crippen molar-refractivity contribution in [2.45, 2.75) is 26.3 Å². The molecule has 1 unspecified atom stereocenters. The van der Waals surface area contributed by atoms with Crippen LogP contribution in [0.2, 0.25) is 0 Å². The number of ether oxygens (including phenoxy) is 1. The number of nitrogens with zero attached hydrogens (tertiary/aromatic N) is 1. The van der Waals surface area contributed by atoms with Gasteiger partial charge in [-0.3, -0.25) is 0 Å². The first kappa shape index (κ1) is 11.7. The predicted octanol–water partition coefficient (Wildman–Crippen LogP) is 1.66. The number of methoxy groups -OCH3 is 1. The molecule has 0 bridgehead atoms. The molecule has 0 spiro atoms.